The van der Waals surface area contributed by atoms with E-state index in [1.165, 1.54) is 32.1 Å². The molecule has 108 valence electrons. The van der Waals surface area contributed by atoms with Gasteiger partial charge in [0.1, 0.15) is 6.33 Å². The van der Waals surface area contributed by atoms with Crippen LogP contribution in [0.15, 0.2) is 18.7 Å². The van der Waals surface area contributed by atoms with Crippen molar-refractivity contribution in [3.63, 3.8) is 0 Å². The Morgan fingerprint density at radius 1 is 1.05 bits per heavy atom. The smallest absolute Gasteiger partial charge is 0.115 e. The molecule has 4 fully saturated rings. The van der Waals surface area contributed by atoms with Crippen molar-refractivity contribution in [3.05, 3.63) is 24.3 Å². The van der Waals surface area contributed by atoms with E-state index in [1.807, 2.05) is 12.4 Å². The quantitative estimate of drug-likeness (QED) is 0.919. The molecule has 3 heteroatoms. The van der Waals surface area contributed by atoms with Gasteiger partial charge in [0, 0.05) is 23.5 Å². The third kappa shape index (κ3) is 1.75. The molecule has 0 aliphatic heterocycles. The average Bonchev–Trinajstić information content (AvgIpc) is 2.46. The van der Waals surface area contributed by atoms with Crippen molar-refractivity contribution in [1.82, 2.24) is 9.97 Å². The van der Waals surface area contributed by atoms with Crippen molar-refractivity contribution in [2.24, 2.45) is 35.3 Å². The minimum Gasteiger partial charge on any atom is -0.321 e. The number of nitrogens with zero attached hydrogens (tertiary/aromatic N) is 2. The minimum absolute atomic E-state index is 0.218. The summed E-state index contributed by atoms with van der Waals surface area (Å²) in [5.41, 5.74) is 7.90. The molecule has 0 spiro atoms. The molecule has 3 nitrogen and oxygen atoms in total. The third-order valence-electron chi connectivity index (χ3n) is 6.50. The Labute approximate surface area is 121 Å². The maximum absolute atomic E-state index is 6.96. The molecule has 5 rings (SSSR count). The fourth-order valence-electron chi connectivity index (χ4n) is 5.94. The van der Waals surface area contributed by atoms with Gasteiger partial charge in [-0.3, -0.25) is 0 Å². The van der Waals surface area contributed by atoms with Crippen LogP contribution >= 0.6 is 0 Å². The highest BCUT2D eigenvalue weighted by Crippen LogP contribution is 2.60. The normalized spacial score (nSPS) is 41.6. The second kappa shape index (κ2) is 4.52. The van der Waals surface area contributed by atoms with Crippen LogP contribution in [-0.2, 0) is 5.54 Å². The Balaban J connectivity index is 1.71. The summed E-state index contributed by atoms with van der Waals surface area (Å²) in [5, 5.41) is 0. The zero-order valence-electron chi connectivity index (χ0n) is 12.3. The predicted octanol–water partition coefficient (Wildman–Crippen LogP) is 3.11. The van der Waals surface area contributed by atoms with Crippen molar-refractivity contribution < 1.29 is 0 Å². The average molecular weight is 271 g/mol. The maximum atomic E-state index is 6.96. The molecule has 1 aromatic rings. The van der Waals surface area contributed by atoms with Gasteiger partial charge in [0.25, 0.3) is 0 Å². The summed E-state index contributed by atoms with van der Waals surface area (Å²) in [6.07, 6.45) is 13.7. The molecule has 1 aromatic heterocycles. The molecule has 1 atom stereocenters. The number of aromatic nitrogens is 2. The molecule has 0 saturated heterocycles. The molecule has 0 radical (unpaired) electrons. The van der Waals surface area contributed by atoms with E-state index in [1.54, 1.807) is 6.33 Å². The molecule has 4 aliphatic carbocycles. The van der Waals surface area contributed by atoms with E-state index in [0.717, 1.165) is 35.7 Å². The van der Waals surface area contributed by atoms with E-state index < -0.39 is 0 Å². The fourth-order valence-corrected chi connectivity index (χ4v) is 5.94. The summed E-state index contributed by atoms with van der Waals surface area (Å²) in [6.45, 7) is 2.23. The number of hydrogen-bond donors (Lipinski definition) is 1. The van der Waals surface area contributed by atoms with E-state index in [4.69, 9.17) is 5.73 Å². The Morgan fingerprint density at radius 3 is 2.10 bits per heavy atom. The summed E-state index contributed by atoms with van der Waals surface area (Å²) < 4.78 is 0. The minimum atomic E-state index is -0.218. The van der Waals surface area contributed by atoms with Crippen LogP contribution in [-0.4, -0.2) is 9.97 Å². The van der Waals surface area contributed by atoms with Crippen LogP contribution in [0, 0.1) is 29.6 Å². The van der Waals surface area contributed by atoms with Crippen LogP contribution in [0.5, 0.6) is 0 Å². The van der Waals surface area contributed by atoms with Gasteiger partial charge >= 0.3 is 0 Å². The molecule has 20 heavy (non-hydrogen) atoms. The van der Waals surface area contributed by atoms with E-state index in [-0.39, 0.29) is 5.54 Å². The Bertz CT molecular complexity index is 458. The van der Waals surface area contributed by atoms with Crippen molar-refractivity contribution in [1.29, 1.82) is 0 Å². The van der Waals surface area contributed by atoms with E-state index in [9.17, 15) is 0 Å². The van der Waals surface area contributed by atoms with Crippen molar-refractivity contribution >= 4 is 0 Å². The van der Waals surface area contributed by atoms with Crippen molar-refractivity contribution in [3.8, 4) is 0 Å². The topological polar surface area (TPSA) is 51.8 Å². The fraction of sp³-hybridized carbons (Fsp3) is 0.765. The molecule has 0 amide bonds. The first-order chi connectivity index (χ1) is 9.70. The lowest BCUT2D eigenvalue weighted by Gasteiger charge is -2.59. The van der Waals surface area contributed by atoms with Gasteiger partial charge < -0.3 is 5.73 Å². The SMILES string of the molecule is CCC(N)(c1cncnc1)C1C2CC3CC(C2)CC1C3. The summed E-state index contributed by atoms with van der Waals surface area (Å²) in [4.78, 5) is 8.44. The predicted molar refractivity (Wildman–Crippen MR) is 78.7 cm³/mol. The van der Waals surface area contributed by atoms with E-state index in [0.29, 0.717) is 5.92 Å². The molecule has 4 saturated carbocycles. The van der Waals surface area contributed by atoms with E-state index >= 15 is 0 Å². The summed E-state index contributed by atoms with van der Waals surface area (Å²) in [6, 6.07) is 0. The van der Waals surface area contributed by atoms with Crippen molar-refractivity contribution in [2.75, 3.05) is 0 Å². The lowest BCUT2D eigenvalue weighted by Crippen LogP contribution is -2.57. The van der Waals surface area contributed by atoms with Gasteiger partial charge in [-0.05, 0) is 68.1 Å². The van der Waals surface area contributed by atoms with Gasteiger partial charge in [0.05, 0.1) is 0 Å². The first kappa shape index (κ1) is 12.8. The zero-order chi connectivity index (χ0) is 13.7. The molecule has 4 bridgehead atoms. The largest absolute Gasteiger partial charge is 0.321 e. The molecule has 4 aliphatic rings. The van der Waals surface area contributed by atoms with Gasteiger partial charge in [-0.2, -0.15) is 0 Å². The van der Waals surface area contributed by atoms with Gasteiger partial charge in [-0.25, -0.2) is 9.97 Å². The van der Waals surface area contributed by atoms with Crippen LogP contribution in [0.3, 0.4) is 0 Å². The van der Waals surface area contributed by atoms with E-state index in [2.05, 4.69) is 16.9 Å². The van der Waals surface area contributed by atoms with Crippen LogP contribution in [0.25, 0.3) is 0 Å². The highest BCUT2D eigenvalue weighted by Gasteiger charge is 2.54. The number of hydrogen-bond acceptors (Lipinski definition) is 3. The molecular formula is C17H25N3. The number of rotatable bonds is 3. The first-order valence-electron chi connectivity index (χ1n) is 8.25. The molecular weight excluding hydrogens is 246 g/mol. The van der Waals surface area contributed by atoms with Crippen LogP contribution in [0.2, 0.25) is 0 Å². The van der Waals surface area contributed by atoms with Gasteiger partial charge in [0.2, 0.25) is 0 Å². The van der Waals surface area contributed by atoms with Gasteiger partial charge in [-0.1, -0.05) is 6.92 Å². The second-order valence-corrected chi connectivity index (χ2v) is 7.48. The molecule has 1 unspecified atom stereocenters. The lowest BCUT2D eigenvalue weighted by atomic mass is 9.47. The Morgan fingerprint density at radius 2 is 1.60 bits per heavy atom. The van der Waals surface area contributed by atoms with Crippen molar-refractivity contribution in [2.45, 2.75) is 51.0 Å². The standard InChI is InChI=1S/C17H25N3/c1-2-17(18,15-8-19-10-20-9-15)16-13-4-11-3-12(6-13)7-14(16)5-11/h8-14,16H,2-7,18H2,1H3. The van der Waals surface area contributed by atoms with Crippen LogP contribution in [0.1, 0.15) is 51.0 Å². The summed E-state index contributed by atoms with van der Waals surface area (Å²) in [7, 11) is 0. The monoisotopic (exact) mass is 271 g/mol. The molecule has 1 heterocycles. The van der Waals surface area contributed by atoms with Gasteiger partial charge in [0.15, 0.2) is 0 Å². The summed E-state index contributed by atoms with van der Waals surface area (Å²) >= 11 is 0. The zero-order valence-corrected chi connectivity index (χ0v) is 12.3. The Kier molecular flexibility index (Phi) is 2.88. The summed E-state index contributed by atoms with van der Waals surface area (Å²) in [5.74, 6) is 4.34. The highest BCUT2D eigenvalue weighted by atomic mass is 14.9. The van der Waals surface area contributed by atoms with Gasteiger partial charge in [-0.15, -0.1) is 0 Å². The maximum Gasteiger partial charge on any atom is 0.115 e. The molecule has 0 aromatic carbocycles. The highest BCUT2D eigenvalue weighted by molar-refractivity contribution is 5.21. The van der Waals surface area contributed by atoms with Crippen LogP contribution < -0.4 is 5.73 Å². The lowest BCUT2D eigenvalue weighted by molar-refractivity contribution is -0.0727. The second-order valence-electron chi connectivity index (χ2n) is 7.48. The number of nitrogens with two attached hydrogens (primary N) is 1. The molecule has 2 N–H and O–H groups in total. The first-order valence-corrected chi connectivity index (χ1v) is 8.25. The van der Waals surface area contributed by atoms with Crippen LogP contribution in [0.4, 0.5) is 0 Å². The Hall–Kier alpha value is -0.960. The third-order valence-corrected chi connectivity index (χ3v) is 6.50.